The van der Waals surface area contributed by atoms with Crippen LogP contribution in [0.25, 0.3) is 0 Å². The molecule has 4 rings (SSSR count). The predicted molar refractivity (Wildman–Crippen MR) is 115 cm³/mol. The van der Waals surface area contributed by atoms with Crippen LogP contribution in [0.3, 0.4) is 0 Å². The molecule has 1 aliphatic rings. The molecule has 32 heavy (non-hydrogen) atoms. The van der Waals surface area contributed by atoms with E-state index >= 15 is 0 Å². The first-order chi connectivity index (χ1) is 15.6. The monoisotopic (exact) mass is 437 g/mol. The van der Waals surface area contributed by atoms with Crippen LogP contribution >= 0.6 is 0 Å². The molecular formula is C23H24FN5O3. The molecule has 3 aromatic rings. The Labute approximate surface area is 185 Å². The number of nitrogens with zero attached hydrogens (tertiary/aromatic N) is 4. The Bertz CT molecular complexity index is 1040. The van der Waals surface area contributed by atoms with E-state index in [0.29, 0.717) is 12.3 Å². The normalized spacial score (nSPS) is 17.8. The summed E-state index contributed by atoms with van der Waals surface area (Å²) in [5.74, 6) is -0.0603. The second-order valence-electron chi connectivity index (χ2n) is 7.63. The smallest absolute Gasteiger partial charge is 0.273 e. The molecule has 1 fully saturated rings. The van der Waals surface area contributed by atoms with Crippen molar-refractivity contribution in [1.29, 1.82) is 0 Å². The summed E-state index contributed by atoms with van der Waals surface area (Å²) in [4.78, 5) is 26.4. The van der Waals surface area contributed by atoms with Crippen LogP contribution in [0.15, 0.2) is 66.9 Å². The highest BCUT2D eigenvalue weighted by Gasteiger charge is 2.36. The number of para-hydroxylation sites is 1. The van der Waals surface area contributed by atoms with Crippen molar-refractivity contribution < 1.29 is 18.7 Å². The van der Waals surface area contributed by atoms with E-state index in [1.807, 2.05) is 48.5 Å². The van der Waals surface area contributed by atoms with Gasteiger partial charge >= 0.3 is 0 Å². The van der Waals surface area contributed by atoms with Crippen molar-refractivity contribution in [3.8, 4) is 5.75 Å². The minimum Gasteiger partial charge on any atom is -0.484 e. The number of carbonyl (C=O) groups is 2. The van der Waals surface area contributed by atoms with Gasteiger partial charge in [-0.2, -0.15) is 0 Å². The first-order valence-electron chi connectivity index (χ1n) is 10.4. The lowest BCUT2D eigenvalue weighted by Crippen LogP contribution is -2.41. The molecule has 2 aromatic carbocycles. The summed E-state index contributed by atoms with van der Waals surface area (Å²) in [6.07, 6.45) is 0.597. The quantitative estimate of drug-likeness (QED) is 0.584. The molecule has 2 heterocycles. The van der Waals surface area contributed by atoms with Gasteiger partial charge in [0.05, 0.1) is 25.3 Å². The minimum atomic E-state index is -1.11. The first-order valence-corrected chi connectivity index (χ1v) is 10.4. The molecule has 2 unspecified atom stereocenters. The van der Waals surface area contributed by atoms with Crippen LogP contribution in [0.1, 0.15) is 22.5 Å². The van der Waals surface area contributed by atoms with Crippen molar-refractivity contribution in [3.63, 3.8) is 0 Å². The van der Waals surface area contributed by atoms with Crippen molar-refractivity contribution in [3.05, 3.63) is 78.1 Å². The maximum Gasteiger partial charge on any atom is 0.273 e. The Morgan fingerprint density at radius 2 is 1.81 bits per heavy atom. The number of hydrogen-bond acceptors (Lipinski definition) is 5. The Morgan fingerprint density at radius 1 is 1.09 bits per heavy atom. The van der Waals surface area contributed by atoms with Crippen LogP contribution in [-0.4, -0.2) is 57.1 Å². The van der Waals surface area contributed by atoms with E-state index in [1.165, 1.54) is 15.8 Å². The van der Waals surface area contributed by atoms with Gasteiger partial charge in [-0.3, -0.25) is 9.59 Å². The number of amides is 2. The van der Waals surface area contributed by atoms with E-state index in [1.54, 1.807) is 12.1 Å². The lowest BCUT2D eigenvalue weighted by Gasteiger charge is -2.24. The van der Waals surface area contributed by atoms with E-state index in [4.69, 9.17) is 4.74 Å². The van der Waals surface area contributed by atoms with Crippen LogP contribution in [-0.2, 0) is 17.9 Å². The summed E-state index contributed by atoms with van der Waals surface area (Å²) in [6, 6.07) is 18.1. The van der Waals surface area contributed by atoms with Gasteiger partial charge in [0, 0.05) is 13.0 Å². The van der Waals surface area contributed by atoms with Gasteiger partial charge in [-0.25, -0.2) is 9.07 Å². The average molecular weight is 437 g/mol. The highest BCUT2D eigenvalue weighted by atomic mass is 19.1. The standard InChI is InChI=1S/C23H24FN5O3/c24-18-11-19(29(13-18)22(30)16-32-20-9-5-2-6-10-20)14-28-15-21(26-27-28)23(31)25-12-17-7-3-1-4-8-17/h1-10,15,18-19H,11-14,16H2,(H,25,31). The van der Waals surface area contributed by atoms with Crippen LogP contribution in [0.5, 0.6) is 5.75 Å². The highest BCUT2D eigenvalue weighted by molar-refractivity contribution is 5.91. The third-order valence-electron chi connectivity index (χ3n) is 5.25. The molecular weight excluding hydrogens is 413 g/mol. The number of benzene rings is 2. The Kier molecular flexibility index (Phi) is 6.74. The number of halogens is 1. The van der Waals surface area contributed by atoms with E-state index in [-0.39, 0.29) is 49.7 Å². The number of hydrogen-bond donors (Lipinski definition) is 1. The fourth-order valence-electron chi connectivity index (χ4n) is 3.66. The maximum atomic E-state index is 14.1. The van der Waals surface area contributed by atoms with Crippen LogP contribution in [0.2, 0.25) is 0 Å². The zero-order valence-electron chi connectivity index (χ0n) is 17.4. The van der Waals surface area contributed by atoms with Gasteiger partial charge in [0.2, 0.25) is 0 Å². The highest BCUT2D eigenvalue weighted by Crippen LogP contribution is 2.22. The van der Waals surface area contributed by atoms with E-state index in [9.17, 15) is 14.0 Å². The number of ether oxygens (including phenoxy) is 1. The SMILES string of the molecule is O=C(NCc1ccccc1)c1cn(CC2CC(F)CN2C(=O)COc2ccccc2)nn1. The summed E-state index contributed by atoms with van der Waals surface area (Å²) < 4.78 is 21.1. The Hall–Kier alpha value is -3.75. The van der Waals surface area contributed by atoms with Crippen molar-refractivity contribution in [2.45, 2.75) is 31.7 Å². The second kappa shape index (κ2) is 10.0. The van der Waals surface area contributed by atoms with E-state index in [0.717, 1.165) is 5.56 Å². The van der Waals surface area contributed by atoms with E-state index < -0.39 is 6.17 Å². The molecule has 0 bridgehead atoms. The number of carbonyl (C=O) groups excluding carboxylic acids is 2. The number of nitrogens with one attached hydrogen (secondary N) is 1. The van der Waals surface area contributed by atoms with Gasteiger partial charge in [-0.05, 0) is 17.7 Å². The molecule has 166 valence electrons. The third kappa shape index (κ3) is 5.48. The maximum absolute atomic E-state index is 14.1. The number of likely N-dealkylation sites (tertiary alicyclic amines) is 1. The minimum absolute atomic E-state index is 0.0146. The molecule has 2 atom stereocenters. The van der Waals surface area contributed by atoms with Gasteiger partial charge in [-0.15, -0.1) is 5.10 Å². The molecule has 2 amide bonds. The van der Waals surface area contributed by atoms with Crippen LogP contribution < -0.4 is 10.1 Å². The number of aromatic nitrogens is 3. The van der Waals surface area contributed by atoms with Crippen molar-refractivity contribution in [2.75, 3.05) is 13.2 Å². The van der Waals surface area contributed by atoms with Crippen molar-refractivity contribution >= 4 is 11.8 Å². The molecule has 0 radical (unpaired) electrons. The molecule has 8 nitrogen and oxygen atoms in total. The molecule has 1 aromatic heterocycles. The molecule has 1 N–H and O–H groups in total. The summed E-state index contributed by atoms with van der Waals surface area (Å²) in [5.41, 5.74) is 1.14. The van der Waals surface area contributed by atoms with Crippen LogP contribution in [0, 0.1) is 0 Å². The Balaban J connectivity index is 1.32. The summed E-state index contributed by atoms with van der Waals surface area (Å²) >= 11 is 0. The lowest BCUT2D eigenvalue weighted by molar-refractivity contribution is -0.134. The molecule has 9 heteroatoms. The topological polar surface area (TPSA) is 89.4 Å². The zero-order valence-corrected chi connectivity index (χ0v) is 17.4. The largest absolute Gasteiger partial charge is 0.484 e. The van der Waals surface area contributed by atoms with Gasteiger partial charge < -0.3 is 15.0 Å². The van der Waals surface area contributed by atoms with E-state index in [2.05, 4.69) is 15.6 Å². The molecule has 0 saturated carbocycles. The van der Waals surface area contributed by atoms with Crippen molar-refractivity contribution in [1.82, 2.24) is 25.2 Å². The van der Waals surface area contributed by atoms with Gasteiger partial charge in [0.15, 0.2) is 12.3 Å². The molecule has 0 spiro atoms. The first kappa shape index (κ1) is 21.5. The van der Waals surface area contributed by atoms with Crippen LogP contribution in [0.4, 0.5) is 4.39 Å². The zero-order chi connectivity index (χ0) is 22.3. The molecule has 0 aliphatic carbocycles. The third-order valence-corrected chi connectivity index (χ3v) is 5.25. The molecule has 1 saturated heterocycles. The Morgan fingerprint density at radius 3 is 2.56 bits per heavy atom. The summed E-state index contributed by atoms with van der Waals surface area (Å²) in [5, 5.41) is 10.7. The van der Waals surface area contributed by atoms with Gasteiger partial charge in [0.1, 0.15) is 11.9 Å². The fraction of sp³-hybridized carbons (Fsp3) is 0.304. The van der Waals surface area contributed by atoms with Gasteiger partial charge in [-0.1, -0.05) is 53.7 Å². The predicted octanol–water partition coefficient (Wildman–Crippen LogP) is 2.23. The molecule has 1 aliphatic heterocycles. The fourth-order valence-corrected chi connectivity index (χ4v) is 3.66. The lowest BCUT2D eigenvalue weighted by atomic mass is 10.2. The van der Waals surface area contributed by atoms with Gasteiger partial charge in [0.25, 0.3) is 11.8 Å². The van der Waals surface area contributed by atoms with Crippen molar-refractivity contribution in [2.24, 2.45) is 0 Å². The summed E-state index contributed by atoms with van der Waals surface area (Å²) in [7, 11) is 0. The number of alkyl halides is 1. The summed E-state index contributed by atoms with van der Waals surface area (Å²) in [6.45, 7) is 0.470. The number of rotatable bonds is 8. The average Bonchev–Trinajstić information content (AvgIpc) is 3.44. The second-order valence-corrected chi connectivity index (χ2v) is 7.63.